The number of hydrogen-bond donors (Lipinski definition) is 3. The van der Waals surface area contributed by atoms with Gasteiger partial charge >= 0.3 is 11.9 Å². The van der Waals surface area contributed by atoms with Crippen molar-refractivity contribution in [1.82, 2.24) is 0 Å². The molecular weight excluding hydrogens is 266 g/mol. The van der Waals surface area contributed by atoms with Gasteiger partial charge < -0.3 is 25.4 Å². The Morgan fingerprint density at radius 2 is 2.15 bits per heavy atom. The third-order valence-corrected chi connectivity index (χ3v) is 3.86. The summed E-state index contributed by atoms with van der Waals surface area (Å²) in [5.74, 6) is -1.87. The van der Waals surface area contributed by atoms with Crippen molar-refractivity contribution in [3.63, 3.8) is 0 Å². The van der Waals surface area contributed by atoms with Gasteiger partial charge in [0.2, 0.25) is 0 Å². The number of nitrogens with two attached hydrogens (primary N) is 1. The Kier molecular flexibility index (Phi) is 5.91. The zero-order valence-corrected chi connectivity index (χ0v) is 11.9. The van der Waals surface area contributed by atoms with E-state index in [9.17, 15) is 14.7 Å². The van der Waals surface area contributed by atoms with Gasteiger partial charge in [-0.3, -0.25) is 4.79 Å². The summed E-state index contributed by atoms with van der Waals surface area (Å²) in [7, 11) is 1.20. The lowest BCUT2D eigenvalue weighted by Crippen LogP contribution is -2.51. The van der Waals surface area contributed by atoms with Crippen molar-refractivity contribution >= 4 is 11.9 Å². The number of carbonyl (C=O) groups is 2. The van der Waals surface area contributed by atoms with Crippen LogP contribution in [-0.2, 0) is 19.1 Å². The standard InChI is InChI=1S/C13H23NO6/c1-3-4-5-20-11(17)9(16)10(14)13(12(18)19-2)6-8(13)7-15/h8-10,15-16H,3-7,14H2,1-2H3. The fourth-order valence-corrected chi connectivity index (χ4v) is 2.39. The Morgan fingerprint density at radius 1 is 1.50 bits per heavy atom. The molecule has 0 aromatic rings. The van der Waals surface area contributed by atoms with E-state index < -0.39 is 35.4 Å². The number of unbranched alkanes of at least 4 members (excludes halogenated alkanes) is 1. The van der Waals surface area contributed by atoms with Gasteiger partial charge in [-0.15, -0.1) is 0 Å². The fourth-order valence-electron chi connectivity index (χ4n) is 2.39. The van der Waals surface area contributed by atoms with Crippen LogP contribution in [0, 0.1) is 11.3 Å². The summed E-state index contributed by atoms with van der Waals surface area (Å²) < 4.78 is 9.55. The van der Waals surface area contributed by atoms with Crippen molar-refractivity contribution in [3.8, 4) is 0 Å². The van der Waals surface area contributed by atoms with Crippen molar-refractivity contribution in [2.24, 2.45) is 17.1 Å². The van der Waals surface area contributed by atoms with Crippen LogP contribution in [0.15, 0.2) is 0 Å². The lowest BCUT2D eigenvalue weighted by atomic mass is 9.90. The predicted octanol–water partition coefficient (Wildman–Crippen LogP) is -0.810. The van der Waals surface area contributed by atoms with E-state index in [4.69, 9.17) is 15.6 Å². The van der Waals surface area contributed by atoms with Crippen LogP contribution in [0.25, 0.3) is 0 Å². The van der Waals surface area contributed by atoms with E-state index in [1.54, 1.807) is 0 Å². The number of carbonyl (C=O) groups excluding carboxylic acids is 2. The quantitative estimate of drug-likeness (QED) is 0.395. The average Bonchev–Trinajstić information content (AvgIpc) is 3.20. The smallest absolute Gasteiger partial charge is 0.336 e. The normalized spacial score (nSPS) is 27.6. The molecule has 1 aliphatic rings. The van der Waals surface area contributed by atoms with E-state index in [2.05, 4.69) is 4.74 Å². The molecule has 0 aromatic carbocycles. The van der Waals surface area contributed by atoms with Gasteiger partial charge in [-0.05, 0) is 12.8 Å². The number of hydrogen-bond acceptors (Lipinski definition) is 7. The van der Waals surface area contributed by atoms with Crippen molar-refractivity contribution in [3.05, 3.63) is 0 Å². The van der Waals surface area contributed by atoms with Gasteiger partial charge in [-0.25, -0.2) is 4.79 Å². The SMILES string of the molecule is CCCCOC(=O)C(O)C(N)C1(C(=O)OC)CC1CO. The van der Waals surface area contributed by atoms with E-state index in [1.165, 1.54) is 7.11 Å². The number of rotatable bonds is 8. The molecule has 4 atom stereocenters. The van der Waals surface area contributed by atoms with E-state index in [0.717, 1.165) is 6.42 Å². The van der Waals surface area contributed by atoms with Crippen molar-refractivity contribution in [2.45, 2.75) is 38.3 Å². The highest BCUT2D eigenvalue weighted by atomic mass is 16.5. The maximum atomic E-state index is 11.8. The molecule has 20 heavy (non-hydrogen) atoms. The molecule has 1 fully saturated rings. The molecule has 0 bridgehead atoms. The minimum absolute atomic E-state index is 0.202. The second-order valence-electron chi connectivity index (χ2n) is 5.11. The Morgan fingerprint density at radius 3 is 2.60 bits per heavy atom. The minimum Gasteiger partial charge on any atom is -0.469 e. The molecule has 7 heteroatoms. The van der Waals surface area contributed by atoms with Gasteiger partial charge in [0.15, 0.2) is 6.10 Å². The maximum absolute atomic E-state index is 11.8. The predicted molar refractivity (Wildman–Crippen MR) is 69.5 cm³/mol. The van der Waals surface area contributed by atoms with Gasteiger partial charge in [0, 0.05) is 12.5 Å². The number of ether oxygens (including phenoxy) is 2. The lowest BCUT2D eigenvalue weighted by molar-refractivity contribution is -0.159. The second kappa shape index (κ2) is 7.01. The molecular formula is C13H23NO6. The topological polar surface area (TPSA) is 119 Å². The molecule has 0 radical (unpaired) electrons. The van der Waals surface area contributed by atoms with Crippen LogP contribution in [0.4, 0.5) is 0 Å². The third-order valence-electron chi connectivity index (χ3n) is 3.86. The average molecular weight is 289 g/mol. The monoisotopic (exact) mass is 289 g/mol. The van der Waals surface area contributed by atoms with Crippen LogP contribution in [0.2, 0.25) is 0 Å². The van der Waals surface area contributed by atoms with Gasteiger partial charge in [-0.2, -0.15) is 0 Å². The van der Waals surface area contributed by atoms with Gasteiger partial charge in [0.1, 0.15) is 0 Å². The first-order valence-corrected chi connectivity index (χ1v) is 6.75. The zero-order chi connectivity index (χ0) is 15.3. The van der Waals surface area contributed by atoms with Crippen LogP contribution in [-0.4, -0.2) is 54.6 Å². The zero-order valence-electron chi connectivity index (χ0n) is 11.9. The van der Waals surface area contributed by atoms with Crippen LogP contribution in [0.3, 0.4) is 0 Å². The highest BCUT2D eigenvalue weighted by Crippen LogP contribution is 2.55. The second-order valence-corrected chi connectivity index (χ2v) is 5.11. The van der Waals surface area contributed by atoms with Gasteiger partial charge in [-0.1, -0.05) is 13.3 Å². The summed E-state index contributed by atoms with van der Waals surface area (Å²) in [4.78, 5) is 23.5. The number of esters is 2. The Balaban J connectivity index is 2.69. The molecule has 0 saturated heterocycles. The molecule has 0 aliphatic heterocycles. The first-order chi connectivity index (χ1) is 9.45. The van der Waals surface area contributed by atoms with Crippen molar-refractivity contribution in [1.29, 1.82) is 0 Å². The third kappa shape index (κ3) is 3.11. The van der Waals surface area contributed by atoms with Crippen LogP contribution < -0.4 is 5.73 Å². The summed E-state index contributed by atoms with van der Waals surface area (Å²) in [6.07, 6.45) is 0.224. The molecule has 7 nitrogen and oxygen atoms in total. The lowest BCUT2D eigenvalue weighted by Gasteiger charge is -2.25. The van der Waals surface area contributed by atoms with Crippen LogP contribution in [0.1, 0.15) is 26.2 Å². The van der Waals surface area contributed by atoms with E-state index >= 15 is 0 Å². The molecule has 1 rings (SSSR count). The van der Waals surface area contributed by atoms with Crippen molar-refractivity contribution < 1.29 is 29.3 Å². The summed E-state index contributed by atoms with van der Waals surface area (Å²) in [6, 6.07) is -1.15. The first kappa shape index (κ1) is 16.9. The first-order valence-electron chi connectivity index (χ1n) is 6.75. The van der Waals surface area contributed by atoms with Crippen LogP contribution >= 0.6 is 0 Å². The van der Waals surface area contributed by atoms with Crippen LogP contribution in [0.5, 0.6) is 0 Å². The largest absolute Gasteiger partial charge is 0.469 e. The molecule has 1 aliphatic carbocycles. The molecule has 0 aromatic heterocycles. The molecule has 0 amide bonds. The Bertz CT molecular complexity index is 361. The van der Waals surface area contributed by atoms with E-state index in [-0.39, 0.29) is 19.6 Å². The molecule has 0 heterocycles. The minimum atomic E-state index is -1.61. The highest BCUT2D eigenvalue weighted by molar-refractivity contribution is 5.84. The van der Waals surface area contributed by atoms with Gasteiger partial charge in [0.25, 0.3) is 0 Å². The summed E-state index contributed by atoms with van der Waals surface area (Å²) in [5, 5.41) is 19.1. The molecule has 0 spiro atoms. The molecule has 4 unspecified atom stereocenters. The van der Waals surface area contributed by atoms with E-state index in [0.29, 0.717) is 6.42 Å². The molecule has 1 saturated carbocycles. The summed E-state index contributed by atoms with van der Waals surface area (Å²) in [5.41, 5.74) is 4.64. The fraction of sp³-hybridized carbons (Fsp3) is 0.846. The number of aliphatic hydroxyl groups is 2. The maximum Gasteiger partial charge on any atom is 0.336 e. The Hall–Kier alpha value is -1.18. The van der Waals surface area contributed by atoms with Crippen molar-refractivity contribution in [2.75, 3.05) is 20.3 Å². The Labute approximate surface area is 118 Å². The molecule has 116 valence electrons. The highest BCUT2D eigenvalue weighted by Gasteiger charge is 2.66. The number of methoxy groups -OCH3 is 1. The summed E-state index contributed by atoms with van der Waals surface area (Å²) >= 11 is 0. The summed E-state index contributed by atoms with van der Waals surface area (Å²) in [6.45, 7) is 1.90. The van der Waals surface area contributed by atoms with E-state index in [1.807, 2.05) is 6.92 Å². The van der Waals surface area contributed by atoms with Gasteiger partial charge in [0.05, 0.1) is 25.2 Å². The number of aliphatic hydroxyl groups excluding tert-OH is 2. The molecule has 4 N–H and O–H groups in total.